The Morgan fingerprint density at radius 2 is 1.75 bits per heavy atom. The summed E-state index contributed by atoms with van der Waals surface area (Å²) >= 11 is 6.10. The number of rotatable bonds is 7. The third kappa shape index (κ3) is 4.92. The minimum atomic E-state index is -0.273. The molecule has 0 unspecified atom stereocenters. The molecular formula is C25H20ClN3O3. The van der Waals surface area contributed by atoms with E-state index in [1.54, 1.807) is 42.5 Å². The lowest BCUT2D eigenvalue weighted by molar-refractivity contribution is -0.116. The standard InChI is InChI=1S/C25H20ClN3O3/c1-16-7-5-6-10-19(16)25-28-23(32-29-25)14-13-22(30)27-21-12-11-18(26)15-20(21)24(31)17-8-3-2-4-9-17/h2-12,15H,13-14H2,1H3,(H,27,30). The lowest BCUT2D eigenvalue weighted by Crippen LogP contribution is -2.15. The third-order valence-corrected chi connectivity index (χ3v) is 5.19. The van der Waals surface area contributed by atoms with Gasteiger partial charge in [-0.3, -0.25) is 9.59 Å². The molecule has 160 valence electrons. The van der Waals surface area contributed by atoms with Crippen molar-refractivity contribution in [3.05, 3.63) is 100 Å². The van der Waals surface area contributed by atoms with Gasteiger partial charge >= 0.3 is 0 Å². The molecular weight excluding hydrogens is 426 g/mol. The molecule has 0 saturated heterocycles. The van der Waals surface area contributed by atoms with E-state index in [0.717, 1.165) is 11.1 Å². The van der Waals surface area contributed by atoms with E-state index in [1.165, 1.54) is 0 Å². The highest BCUT2D eigenvalue weighted by atomic mass is 35.5. The van der Waals surface area contributed by atoms with Crippen LogP contribution in [0.3, 0.4) is 0 Å². The Morgan fingerprint density at radius 3 is 2.53 bits per heavy atom. The van der Waals surface area contributed by atoms with Crippen molar-refractivity contribution < 1.29 is 14.1 Å². The van der Waals surface area contributed by atoms with Crippen LogP contribution in [0, 0.1) is 6.92 Å². The second-order valence-electron chi connectivity index (χ2n) is 7.26. The highest BCUT2D eigenvalue weighted by molar-refractivity contribution is 6.31. The molecule has 0 radical (unpaired) electrons. The second-order valence-corrected chi connectivity index (χ2v) is 7.70. The molecule has 1 aromatic heterocycles. The van der Waals surface area contributed by atoms with E-state index in [2.05, 4.69) is 15.5 Å². The van der Waals surface area contributed by atoms with E-state index in [9.17, 15) is 9.59 Å². The van der Waals surface area contributed by atoms with Crippen LogP contribution in [0.4, 0.5) is 5.69 Å². The van der Waals surface area contributed by atoms with Gasteiger partial charge in [0.05, 0.1) is 5.69 Å². The fourth-order valence-electron chi connectivity index (χ4n) is 3.28. The molecule has 32 heavy (non-hydrogen) atoms. The van der Waals surface area contributed by atoms with Gasteiger partial charge in [0.25, 0.3) is 0 Å². The molecule has 0 aliphatic carbocycles. The minimum Gasteiger partial charge on any atom is -0.339 e. The molecule has 4 aromatic rings. The van der Waals surface area contributed by atoms with Crippen LogP contribution in [0.25, 0.3) is 11.4 Å². The summed E-state index contributed by atoms with van der Waals surface area (Å²) in [6, 6.07) is 21.4. The Balaban J connectivity index is 1.44. The highest BCUT2D eigenvalue weighted by Gasteiger charge is 2.17. The largest absolute Gasteiger partial charge is 0.339 e. The monoisotopic (exact) mass is 445 g/mol. The van der Waals surface area contributed by atoms with Gasteiger partial charge in [-0.15, -0.1) is 0 Å². The Labute approximate surface area is 190 Å². The zero-order valence-electron chi connectivity index (χ0n) is 17.3. The van der Waals surface area contributed by atoms with Gasteiger partial charge in [0, 0.05) is 34.6 Å². The molecule has 6 nitrogen and oxygen atoms in total. The van der Waals surface area contributed by atoms with Crippen LogP contribution < -0.4 is 5.32 Å². The molecule has 0 fully saturated rings. The molecule has 1 amide bonds. The summed E-state index contributed by atoms with van der Waals surface area (Å²) < 4.78 is 5.30. The second kappa shape index (κ2) is 9.58. The van der Waals surface area contributed by atoms with Gasteiger partial charge < -0.3 is 9.84 Å². The zero-order valence-corrected chi connectivity index (χ0v) is 18.1. The summed E-state index contributed by atoms with van der Waals surface area (Å²) in [4.78, 5) is 29.9. The zero-order chi connectivity index (χ0) is 22.5. The van der Waals surface area contributed by atoms with E-state index in [0.29, 0.717) is 33.6 Å². The van der Waals surface area contributed by atoms with Gasteiger partial charge in [0.15, 0.2) is 5.78 Å². The van der Waals surface area contributed by atoms with Crippen molar-refractivity contribution in [1.29, 1.82) is 0 Å². The first kappa shape index (κ1) is 21.5. The fourth-order valence-corrected chi connectivity index (χ4v) is 3.45. The summed E-state index contributed by atoms with van der Waals surface area (Å²) in [5.41, 5.74) is 3.17. The van der Waals surface area contributed by atoms with Crippen molar-refractivity contribution in [2.75, 3.05) is 5.32 Å². The number of anilines is 1. The van der Waals surface area contributed by atoms with Crippen molar-refractivity contribution in [3.63, 3.8) is 0 Å². The molecule has 0 atom stereocenters. The Kier molecular flexibility index (Phi) is 6.42. The number of aryl methyl sites for hydroxylation is 2. The van der Waals surface area contributed by atoms with Gasteiger partial charge in [-0.1, -0.05) is 71.4 Å². The number of carbonyl (C=O) groups excluding carboxylic acids is 2. The minimum absolute atomic E-state index is 0.122. The highest BCUT2D eigenvalue weighted by Crippen LogP contribution is 2.24. The maximum Gasteiger partial charge on any atom is 0.227 e. The first-order valence-corrected chi connectivity index (χ1v) is 10.5. The van der Waals surface area contributed by atoms with E-state index < -0.39 is 0 Å². The van der Waals surface area contributed by atoms with Gasteiger partial charge in [0.1, 0.15) is 0 Å². The number of hydrogen-bond acceptors (Lipinski definition) is 5. The maximum absolute atomic E-state index is 12.9. The first-order valence-electron chi connectivity index (χ1n) is 10.1. The first-order chi connectivity index (χ1) is 15.5. The number of benzene rings is 3. The van der Waals surface area contributed by atoms with E-state index in [1.807, 2.05) is 37.3 Å². The fraction of sp³-hybridized carbons (Fsp3) is 0.120. The number of hydrogen-bond donors (Lipinski definition) is 1. The molecule has 0 spiro atoms. The molecule has 0 saturated carbocycles. The quantitative estimate of drug-likeness (QED) is 0.379. The third-order valence-electron chi connectivity index (χ3n) is 4.96. The number of halogens is 1. The van der Waals surface area contributed by atoms with Gasteiger partial charge in [-0.25, -0.2) is 0 Å². The normalized spacial score (nSPS) is 10.7. The summed E-state index contributed by atoms with van der Waals surface area (Å²) in [5.74, 6) is 0.371. The van der Waals surface area contributed by atoms with Crippen molar-refractivity contribution in [2.24, 2.45) is 0 Å². The van der Waals surface area contributed by atoms with Crippen LogP contribution in [0.2, 0.25) is 5.02 Å². The molecule has 1 N–H and O–H groups in total. The van der Waals surface area contributed by atoms with Crippen LogP contribution in [-0.4, -0.2) is 21.8 Å². The number of nitrogens with zero attached hydrogens (tertiary/aromatic N) is 2. The van der Waals surface area contributed by atoms with Crippen LogP contribution in [-0.2, 0) is 11.2 Å². The lowest BCUT2D eigenvalue weighted by atomic mass is 10.0. The van der Waals surface area contributed by atoms with E-state index >= 15 is 0 Å². The number of ketones is 1. The predicted octanol–water partition coefficient (Wildman–Crippen LogP) is 5.50. The summed E-state index contributed by atoms with van der Waals surface area (Å²) in [6.45, 7) is 1.97. The maximum atomic E-state index is 12.9. The summed E-state index contributed by atoms with van der Waals surface area (Å²) in [5, 5.41) is 7.22. The van der Waals surface area contributed by atoms with Crippen molar-refractivity contribution in [3.8, 4) is 11.4 Å². The molecule has 0 aliphatic rings. The van der Waals surface area contributed by atoms with Crippen molar-refractivity contribution in [2.45, 2.75) is 19.8 Å². The molecule has 7 heteroatoms. The Hall–Kier alpha value is -3.77. The van der Waals surface area contributed by atoms with Crippen molar-refractivity contribution in [1.82, 2.24) is 10.1 Å². The van der Waals surface area contributed by atoms with Gasteiger partial charge in [-0.05, 0) is 30.7 Å². The molecule has 1 heterocycles. The predicted molar refractivity (Wildman–Crippen MR) is 123 cm³/mol. The SMILES string of the molecule is Cc1ccccc1-c1noc(CCC(=O)Nc2ccc(Cl)cc2C(=O)c2ccccc2)n1. The van der Waals surface area contributed by atoms with E-state index in [-0.39, 0.29) is 24.5 Å². The molecule has 3 aromatic carbocycles. The molecule has 0 bridgehead atoms. The van der Waals surface area contributed by atoms with Gasteiger partial charge in [0.2, 0.25) is 17.6 Å². The smallest absolute Gasteiger partial charge is 0.227 e. The number of carbonyl (C=O) groups is 2. The van der Waals surface area contributed by atoms with E-state index in [4.69, 9.17) is 16.1 Å². The average Bonchev–Trinajstić information content (AvgIpc) is 3.28. The topological polar surface area (TPSA) is 85.1 Å². The lowest BCUT2D eigenvalue weighted by Gasteiger charge is -2.11. The van der Waals surface area contributed by atoms with Crippen LogP contribution in [0.15, 0.2) is 77.3 Å². The number of nitrogens with one attached hydrogen (secondary N) is 1. The number of aromatic nitrogens is 2. The van der Waals surface area contributed by atoms with Gasteiger partial charge in [-0.2, -0.15) is 4.98 Å². The Bertz CT molecular complexity index is 1270. The van der Waals surface area contributed by atoms with Crippen LogP contribution >= 0.6 is 11.6 Å². The molecule has 4 rings (SSSR count). The van der Waals surface area contributed by atoms with Crippen LogP contribution in [0.5, 0.6) is 0 Å². The average molecular weight is 446 g/mol. The molecule has 0 aliphatic heterocycles. The number of amides is 1. The summed E-state index contributed by atoms with van der Waals surface area (Å²) in [7, 11) is 0. The Morgan fingerprint density at radius 1 is 1.00 bits per heavy atom. The van der Waals surface area contributed by atoms with Crippen LogP contribution in [0.1, 0.15) is 33.8 Å². The van der Waals surface area contributed by atoms with Crippen molar-refractivity contribution >= 4 is 29.0 Å². The summed E-state index contributed by atoms with van der Waals surface area (Å²) in [6.07, 6.45) is 0.400.